The van der Waals surface area contributed by atoms with Crippen LogP contribution in [0, 0.1) is 18.3 Å². The van der Waals surface area contributed by atoms with Gasteiger partial charge >= 0.3 is 0 Å². The lowest BCUT2D eigenvalue weighted by molar-refractivity contribution is 0.458. The number of aryl methyl sites for hydroxylation is 2. The predicted molar refractivity (Wildman–Crippen MR) is 113 cm³/mol. The minimum atomic E-state index is 0.442. The summed E-state index contributed by atoms with van der Waals surface area (Å²) in [5.74, 6) is 3.61. The zero-order valence-corrected chi connectivity index (χ0v) is 16.9. The first-order chi connectivity index (χ1) is 14.3. The Balaban J connectivity index is 1.40. The molecule has 1 aromatic carbocycles. The van der Waals surface area contributed by atoms with Gasteiger partial charge in [0.05, 0.1) is 11.1 Å². The monoisotopic (exact) mass is 386 g/mol. The SMILES string of the molecule is Cc1c(C#N)c(N2CCC(c3nnc4n3CCCCC4)CC2)nc2ccccc12. The Hall–Kier alpha value is -2.94. The largest absolute Gasteiger partial charge is 0.355 e. The van der Waals surface area contributed by atoms with Crippen molar-refractivity contribution in [1.82, 2.24) is 19.7 Å². The first-order valence-corrected chi connectivity index (χ1v) is 10.7. The Morgan fingerprint density at radius 3 is 2.69 bits per heavy atom. The van der Waals surface area contributed by atoms with Crippen molar-refractivity contribution >= 4 is 16.7 Å². The van der Waals surface area contributed by atoms with Crippen LogP contribution < -0.4 is 4.90 Å². The summed E-state index contributed by atoms with van der Waals surface area (Å²) in [7, 11) is 0. The van der Waals surface area contributed by atoms with Crippen molar-refractivity contribution in [3.05, 3.63) is 47.0 Å². The molecule has 2 aliphatic rings. The van der Waals surface area contributed by atoms with Crippen molar-refractivity contribution in [2.75, 3.05) is 18.0 Å². The molecule has 6 nitrogen and oxygen atoms in total. The Morgan fingerprint density at radius 2 is 1.86 bits per heavy atom. The van der Waals surface area contributed by atoms with Gasteiger partial charge in [0.15, 0.2) is 0 Å². The third-order valence-corrected chi connectivity index (χ3v) is 6.54. The van der Waals surface area contributed by atoms with E-state index in [9.17, 15) is 5.26 Å². The number of para-hydroxylation sites is 1. The minimum absolute atomic E-state index is 0.442. The average Bonchev–Trinajstić information content (AvgIpc) is 3.02. The third kappa shape index (κ3) is 3.15. The van der Waals surface area contributed by atoms with Gasteiger partial charge in [-0.3, -0.25) is 0 Å². The maximum Gasteiger partial charge on any atom is 0.147 e. The van der Waals surface area contributed by atoms with Crippen molar-refractivity contribution < 1.29 is 0 Å². The fraction of sp³-hybridized carbons (Fsp3) is 0.478. The molecule has 2 aromatic heterocycles. The Morgan fingerprint density at radius 1 is 1.03 bits per heavy atom. The molecule has 3 aromatic rings. The molecule has 0 N–H and O–H groups in total. The molecule has 4 heterocycles. The molecule has 148 valence electrons. The third-order valence-electron chi connectivity index (χ3n) is 6.54. The number of hydrogen-bond donors (Lipinski definition) is 0. The summed E-state index contributed by atoms with van der Waals surface area (Å²) >= 11 is 0. The fourth-order valence-corrected chi connectivity index (χ4v) is 4.88. The van der Waals surface area contributed by atoms with Crippen molar-refractivity contribution in [3.63, 3.8) is 0 Å². The smallest absolute Gasteiger partial charge is 0.147 e. The number of pyridine rings is 1. The van der Waals surface area contributed by atoms with Gasteiger partial charge in [0.1, 0.15) is 23.5 Å². The number of fused-ring (bicyclic) bond motifs is 2. The summed E-state index contributed by atoms with van der Waals surface area (Å²) < 4.78 is 2.38. The van der Waals surface area contributed by atoms with E-state index >= 15 is 0 Å². The standard InChI is InChI=1S/C23H26N6/c1-16-18-7-4-5-8-20(18)25-23(19(16)15-24)28-13-10-17(11-14-28)22-27-26-21-9-3-2-6-12-29(21)22/h4-5,7-8,17H,2-3,6,9-14H2,1H3. The molecule has 0 bridgehead atoms. The number of anilines is 1. The summed E-state index contributed by atoms with van der Waals surface area (Å²) in [6.45, 7) is 4.88. The summed E-state index contributed by atoms with van der Waals surface area (Å²) in [4.78, 5) is 7.16. The lowest BCUT2D eigenvalue weighted by Crippen LogP contribution is -2.35. The van der Waals surface area contributed by atoms with E-state index in [0.717, 1.165) is 61.2 Å². The number of nitrogens with zero attached hydrogens (tertiary/aromatic N) is 6. The molecule has 0 atom stereocenters. The first kappa shape index (κ1) is 18.1. The van der Waals surface area contributed by atoms with Crippen LogP contribution in [0.4, 0.5) is 5.82 Å². The molecule has 2 aliphatic heterocycles. The summed E-state index contributed by atoms with van der Waals surface area (Å²) in [5.41, 5.74) is 2.69. The van der Waals surface area contributed by atoms with Crippen LogP contribution >= 0.6 is 0 Å². The van der Waals surface area contributed by atoms with Crippen LogP contribution in [0.5, 0.6) is 0 Å². The number of hydrogen-bond acceptors (Lipinski definition) is 5. The van der Waals surface area contributed by atoms with Gasteiger partial charge in [0.25, 0.3) is 0 Å². The summed E-state index contributed by atoms with van der Waals surface area (Å²) in [6.07, 6.45) is 6.83. The molecule has 0 radical (unpaired) electrons. The Kier molecular flexibility index (Phi) is 4.67. The second kappa shape index (κ2) is 7.47. The minimum Gasteiger partial charge on any atom is -0.355 e. The Bertz CT molecular complexity index is 1080. The molecule has 0 spiro atoms. The van der Waals surface area contributed by atoms with Crippen molar-refractivity contribution in [2.24, 2.45) is 0 Å². The lowest BCUT2D eigenvalue weighted by atomic mass is 9.95. The molecule has 1 fully saturated rings. The van der Waals surface area contributed by atoms with Crippen LogP contribution in [-0.4, -0.2) is 32.8 Å². The Labute approximate surface area is 171 Å². The zero-order valence-electron chi connectivity index (χ0n) is 16.9. The van der Waals surface area contributed by atoms with Gasteiger partial charge < -0.3 is 9.47 Å². The highest BCUT2D eigenvalue weighted by Gasteiger charge is 2.28. The van der Waals surface area contributed by atoms with E-state index in [1.165, 1.54) is 30.9 Å². The first-order valence-electron chi connectivity index (χ1n) is 10.7. The van der Waals surface area contributed by atoms with Crippen molar-refractivity contribution in [2.45, 2.75) is 57.9 Å². The molecular formula is C23H26N6. The van der Waals surface area contributed by atoms with Gasteiger partial charge in [-0.2, -0.15) is 5.26 Å². The molecule has 0 saturated carbocycles. The second-order valence-corrected chi connectivity index (χ2v) is 8.26. The van der Waals surface area contributed by atoms with Gasteiger partial charge in [-0.05, 0) is 44.2 Å². The van der Waals surface area contributed by atoms with E-state index in [-0.39, 0.29) is 0 Å². The van der Waals surface area contributed by atoms with Gasteiger partial charge in [0.2, 0.25) is 0 Å². The van der Waals surface area contributed by atoms with Gasteiger partial charge in [-0.25, -0.2) is 4.98 Å². The zero-order chi connectivity index (χ0) is 19.8. The van der Waals surface area contributed by atoms with Crippen molar-refractivity contribution in [3.8, 4) is 6.07 Å². The maximum atomic E-state index is 9.81. The molecule has 1 saturated heterocycles. The number of benzene rings is 1. The topological polar surface area (TPSA) is 70.6 Å². The van der Waals surface area contributed by atoms with Gasteiger partial charge in [-0.1, -0.05) is 24.6 Å². The maximum absolute atomic E-state index is 9.81. The van der Waals surface area contributed by atoms with Crippen LogP contribution in [-0.2, 0) is 13.0 Å². The highest BCUT2D eigenvalue weighted by Crippen LogP contribution is 2.34. The number of nitriles is 1. The molecule has 0 aliphatic carbocycles. The van der Waals surface area contributed by atoms with Crippen LogP contribution in [0.15, 0.2) is 24.3 Å². The predicted octanol–water partition coefficient (Wildman–Crippen LogP) is 4.12. The molecular weight excluding hydrogens is 360 g/mol. The van der Waals surface area contributed by atoms with E-state index in [1.807, 2.05) is 31.2 Å². The molecule has 0 amide bonds. The number of rotatable bonds is 2. The van der Waals surface area contributed by atoms with Crippen LogP contribution in [0.3, 0.4) is 0 Å². The molecule has 6 heteroatoms. The van der Waals surface area contributed by atoms with E-state index in [4.69, 9.17) is 4.98 Å². The number of piperidine rings is 1. The van der Waals surface area contributed by atoms with E-state index in [0.29, 0.717) is 11.5 Å². The van der Waals surface area contributed by atoms with Crippen LogP contribution in [0.25, 0.3) is 10.9 Å². The molecule has 0 unspecified atom stereocenters. The average molecular weight is 387 g/mol. The van der Waals surface area contributed by atoms with E-state index in [1.54, 1.807) is 0 Å². The van der Waals surface area contributed by atoms with Gasteiger partial charge in [-0.15, -0.1) is 10.2 Å². The van der Waals surface area contributed by atoms with Crippen molar-refractivity contribution in [1.29, 1.82) is 5.26 Å². The summed E-state index contributed by atoms with van der Waals surface area (Å²) in [6, 6.07) is 10.5. The number of aromatic nitrogens is 4. The normalized spacial score (nSPS) is 17.7. The molecule has 5 rings (SSSR count). The highest BCUT2D eigenvalue weighted by molar-refractivity contribution is 5.87. The summed E-state index contributed by atoms with van der Waals surface area (Å²) in [5, 5.41) is 19.9. The fourth-order valence-electron chi connectivity index (χ4n) is 4.88. The van der Waals surface area contributed by atoms with Crippen LogP contribution in [0.1, 0.15) is 60.8 Å². The van der Waals surface area contributed by atoms with E-state index < -0.39 is 0 Å². The highest BCUT2D eigenvalue weighted by atomic mass is 15.3. The lowest BCUT2D eigenvalue weighted by Gasteiger charge is -2.33. The second-order valence-electron chi connectivity index (χ2n) is 8.26. The van der Waals surface area contributed by atoms with E-state index in [2.05, 4.69) is 25.7 Å². The molecule has 29 heavy (non-hydrogen) atoms. The van der Waals surface area contributed by atoms with Crippen LogP contribution in [0.2, 0.25) is 0 Å². The quantitative estimate of drug-likeness (QED) is 0.663. The van der Waals surface area contributed by atoms with Gasteiger partial charge in [0, 0.05) is 37.4 Å².